The van der Waals surface area contributed by atoms with Gasteiger partial charge in [0.2, 0.25) is 0 Å². The summed E-state index contributed by atoms with van der Waals surface area (Å²) in [6.45, 7) is 33.6. The molecule has 2 aromatic carbocycles. The van der Waals surface area contributed by atoms with Gasteiger partial charge < -0.3 is 37.6 Å². The zero-order chi connectivity index (χ0) is 45.1. The average molecular weight is 885 g/mol. The lowest BCUT2D eigenvalue weighted by molar-refractivity contribution is -0.152. The summed E-state index contributed by atoms with van der Waals surface area (Å²) in [4.78, 5) is 27.5. The van der Waals surface area contributed by atoms with E-state index in [2.05, 4.69) is 93.1 Å². The van der Waals surface area contributed by atoms with Crippen molar-refractivity contribution in [2.24, 2.45) is 5.92 Å². The molecule has 2 aromatic rings. The van der Waals surface area contributed by atoms with Gasteiger partial charge in [-0.2, -0.15) is 0 Å². The van der Waals surface area contributed by atoms with Gasteiger partial charge in [-0.3, -0.25) is 0 Å². The second-order valence-corrected chi connectivity index (χ2v) is 36.4. The Balaban J connectivity index is 2.02. The summed E-state index contributed by atoms with van der Waals surface area (Å²) in [7, 11) is -3.34. The molecule has 1 aliphatic rings. The summed E-state index contributed by atoms with van der Waals surface area (Å²) in [5, 5.41) is 0.0645. The number of rotatable bonds is 22. The van der Waals surface area contributed by atoms with Gasteiger partial charge >= 0.3 is 11.9 Å². The standard InChI is InChI=1S/C47H76O10Si3/c1-34(35(2)57-60(15,16)46(3,4)5)25-26-39(54-44(48)36-21-18-17-19-22-36)43-40(55-47(6,7)56-43)24-20-23-37-31-38(51-27-29-58(9,10)11)32-41(53-33-50-8)42(37)45(49)52-28-30-59(12,13)14/h17-23,25-26,31-32,34-35,39-40,43H,24,27-30,33H2,1-16H3/t34-,35+,39?,40+,43?/m1/s1. The van der Waals surface area contributed by atoms with E-state index in [0.29, 0.717) is 42.3 Å². The fourth-order valence-corrected chi connectivity index (χ4v) is 9.03. The fourth-order valence-electron chi connectivity index (χ4n) is 6.10. The van der Waals surface area contributed by atoms with E-state index in [0.717, 1.165) is 12.1 Å². The Kier molecular flexibility index (Phi) is 18.7. The van der Waals surface area contributed by atoms with Crippen LogP contribution >= 0.6 is 0 Å². The van der Waals surface area contributed by atoms with Gasteiger partial charge in [-0.05, 0) is 93.2 Å². The van der Waals surface area contributed by atoms with E-state index in [1.807, 2.05) is 56.3 Å². The molecule has 60 heavy (non-hydrogen) atoms. The minimum absolute atomic E-state index is 0.0180. The highest BCUT2D eigenvalue weighted by Gasteiger charge is 2.46. The van der Waals surface area contributed by atoms with Gasteiger partial charge in [-0.1, -0.05) is 103 Å². The van der Waals surface area contributed by atoms with E-state index in [9.17, 15) is 9.59 Å². The summed E-state index contributed by atoms with van der Waals surface area (Å²) in [5.41, 5.74) is 1.31. The van der Waals surface area contributed by atoms with Gasteiger partial charge in [0.25, 0.3) is 0 Å². The predicted octanol–water partition coefficient (Wildman–Crippen LogP) is 11.6. The van der Waals surface area contributed by atoms with E-state index in [-0.39, 0.29) is 29.4 Å². The van der Waals surface area contributed by atoms with Gasteiger partial charge in [0, 0.05) is 35.4 Å². The number of hydrogen-bond donors (Lipinski definition) is 0. The molecule has 0 radical (unpaired) electrons. The van der Waals surface area contributed by atoms with Crippen LogP contribution in [-0.4, -0.2) is 93.7 Å². The van der Waals surface area contributed by atoms with E-state index >= 15 is 0 Å². The Morgan fingerprint density at radius 3 is 2.08 bits per heavy atom. The maximum Gasteiger partial charge on any atom is 0.342 e. The molecule has 1 heterocycles. The van der Waals surface area contributed by atoms with Crippen molar-refractivity contribution < 1.29 is 47.2 Å². The lowest BCUT2D eigenvalue weighted by Crippen LogP contribution is -2.44. The maximum absolute atomic E-state index is 13.9. The Morgan fingerprint density at radius 1 is 0.850 bits per heavy atom. The Bertz CT molecular complexity index is 1740. The molecule has 0 N–H and O–H groups in total. The van der Waals surface area contributed by atoms with Crippen molar-refractivity contribution in [1.82, 2.24) is 0 Å². The highest BCUT2D eigenvalue weighted by molar-refractivity contribution is 6.76. The Hall–Kier alpha value is -3.05. The van der Waals surface area contributed by atoms with E-state index in [1.165, 1.54) is 7.11 Å². The van der Waals surface area contributed by atoms with Crippen LogP contribution in [0.25, 0.3) is 6.08 Å². The molecule has 0 amide bonds. The van der Waals surface area contributed by atoms with Gasteiger partial charge in [-0.25, -0.2) is 9.59 Å². The molecule has 3 rings (SSSR count). The molecule has 1 aliphatic heterocycles. The van der Waals surface area contributed by atoms with Crippen molar-refractivity contribution in [1.29, 1.82) is 0 Å². The first-order valence-corrected chi connectivity index (χ1v) is 31.8. The van der Waals surface area contributed by atoms with Crippen molar-refractivity contribution in [3.8, 4) is 11.5 Å². The number of esters is 2. The molecule has 0 aromatic heterocycles. The maximum atomic E-state index is 13.9. The van der Waals surface area contributed by atoms with E-state index in [4.69, 9.17) is 37.6 Å². The van der Waals surface area contributed by atoms with Crippen LogP contribution in [0.1, 0.15) is 81.2 Å². The van der Waals surface area contributed by atoms with Crippen molar-refractivity contribution >= 4 is 42.5 Å². The lowest BCUT2D eigenvalue weighted by atomic mass is 9.99. The number of carbonyl (C=O) groups is 2. The molecule has 0 saturated carbocycles. The van der Waals surface area contributed by atoms with Crippen LogP contribution in [0, 0.1) is 5.92 Å². The van der Waals surface area contributed by atoms with Crippen LogP contribution < -0.4 is 9.47 Å². The summed E-state index contributed by atoms with van der Waals surface area (Å²) in [6, 6.07) is 14.3. The van der Waals surface area contributed by atoms with Gasteiger partial charge in [0.1, 0.15) is 29.3 Å². The summed E-state index contributed by atoms with van der Waals surface area (Å²) >= 11 is 0. The third kappa shape index (κ3) is 16.7. The minimum atomic E-state index is -2.03. The monoisotopic (exact) mass is 884 g/mol. The van der Waals surface area contributed by atoms with Crippen molar-refractivity contribution in [2.45, 2.75) is 155 Å². The van der Waals surface area contributed by atoms with Crippen LogP contribution in [0.15, 0.2) is 60.7 Å². The summed E-state index contributed by atoms with van der Waals surface area (Å²) in [6.07, 6.45) is 6.15. The second-order valence-electron chi connectivity index (χ2n) is 20.4. The molecule has 1 fully saturated rings. The SMILES string of the molecule is COCOc1cc(OCC[Si](C)(C)C)cc(C=CC[C@@H]2OC(C)(C)OC2C(C=C[C@@H](C)[C@H](C)O[Si](C)(C)C(C)(C)C)OC(=O)c2ccccc2)c1C(=O)OCC[Si](C)(C)C. The molecule has 5 atom stereocenters. The molecule has 2 unspecified atom stereocenters. The molecule has 0 aliphatic carbocycles. The Morgan fingerprint density at radius 2 is 1.48 bits per heavy atom. The first kappa shape index (κ1) is 51.3. The zero-order valence-electron chi connectivity index (χ0n) is 39.6. The molecule has 336 valence electrons. The normalized spacial score (nSPS) is 19.0. The first-order chi connectivity index (χ1) is 27.7. The van der Waals surface area contributed by atoms with Gasteiger partial charge in [0.15, 0.2) is 20.9 Å². The van der Waals surface area contributed by atoms with E-state index in [1.54, 1.807) is 18.2 Å². The van der Waals surface area contributed by atoms with Crippen LogP contribution in [-0.2, 0) is 28.1 Å². The van der Waals surface area contributed by atoms with Crippen molar-refractivity contribution in [3.63, 3.8) is 0 Å². The third-order valence-corrected chi connectivity index (χ3v) is 18.9. The van der Waals surface area contributed by atoms with Crippen LogP contribution in [0.4, 0.5) is 0 Å². The third-order valence-electron chi connectivity index (χ3n) is 10.9. The Labute approximate surface area is 364 Å². The van der Waals surface area contributed by atoms with Crippen LogP contribution in [0.2, 0.25) is 69.5 Å². The van der Waals surface area contributed by atoms with Crippen molar-refractivity contribution in [2.75, 3.05) is 27.1 Å². The number of carbonyl (C=O) groups excluding carboxylic acids is 2. The number of ether oxygens (including phenoxy) is 7. The largest absolute Gasteiger partial charge is 0.494 e. The molecule has 10 nitrogen and oxygen atoms in total. The fraction of sp³-hybridized carbons (Fsp3) is 0.617. The zero-order valence-corrected chi connectivity index (χ0v) is 42.6. The number of benzene rings is 2. The highest BCUT2D eigenvalue weighted by Crippen LogP contribution is 2.39. The lowest BCUT2D eigenvalue weighted by Gasteiger charge is -2.39. The molecule has 1 saturated heterocycles. The quantitative estimate of drug-likeness (QED) is 0.0491. The predicted molar refractivity (Wildman–Crippen MR) is 250 cm³/mol. The topological polar surface area (TPSA) is 108 Å². The van der Waals surface area contributed by atoms with Crippen molar-refractivity contribution in [3.05, 3.63) is 77.4 Å². The second kappa shape index (κ2) is 21.8. The molecule has 0 bridgehead atoms. The van der Waals surface area contributed by atoms with Crippen LogP contribution in [0.3, 0.4) is 0 Å². The average Bonchev–Trinajstić information content (AvgIpc) is 3.44. The summed E-state index contributed by atoms with van der Waals surface area (Å²) in [5.74, 6) is -0.988. The van der Waals surface area contributed by atoms with Gasteiger partial charge in [0.05, 0.1) is 24.9 Å². The molecular formula is C47H76O10Si3. The van der Waals surface area contributed by atoms with Gasteiger partial charge in [-0.15, -0.1) is 0 Å². The molecule has 13 heteroatoms. The minimum Gasteiger partial charge on any atom is -0.494 e. The van der Waals surface area contributed by atoms with E-state index < -0.39 is 60.5 Å². The van der Waals surface area contributed by atoms with Crippen LogP contribution in [0.5, 0.6) is 11.5 Å². The molecular weight excluding hydrogens is 809 g/mol. The smallest absolute Gasteiger partial charge is 0.342 e. The highest BCUT2D eigenvalue weighted by atomic mass is 28.4. The molecule has 0 spiro atoms. The number of methoxy groups -OCH3 is 1. The first-order valence-electron chi connectivity index (χ1n) is 21.5. The number of hydrogen-bond acceptors (Lipinski definition) is 10. The summed E-state index contributed by atoms with van der Waals surface area (Å²) < 4.78 is 49.4.